The zero-order valence-corrected chi connectivity index (χ0v) is 15.3. The van der Waals surface area contributed by atoms with Gasteiger partial charge in [-0.3, -0.25) is 14.5 Å². The average molecular weight is 349 g/mol. The Labute approximate surface area is 149 Å². The number of hydrogen-bond donors (Lipinski definition) is 1. The van der Waals surface area contributed by atoms with E-state index in [2.05, 4.69) is 17.1 Å². The van der Waals surface area contributed by atoms with Crippen LogP contribution in [0.15, 0.2) is 18.2 Å². The number of nitrogens with zero attached hydrogens (tertiary/aromatic N) is 2. The van der Waals surface area contributed by atoms with E-state index in [1.807, 2.05) is 11.8 Å². The molecule has 5 nitrogen and oxygen atoms in total. The number of rotatable bonds is 7. The molecule has 1 heterocycles. The Bertz CT molecular complexity index is 613. The van der Waals surface area contributed by atoms with Gasteiger partial charge in [-0.2, -0.15) is 0 Å². The van der Waals surface area contributed by atoms with Crippen molar-refractivity contribution in [1.82, 2.24) is 10.2 Å². The van der Waals surface area contributed by atoms with Gasteiger partial charge in [0.1, 0.15) is 5.82 Å². The van der Waals surface area contributed by atoms with Crippen molar-refractivity contribution >= 4 is 17.4 Å². The van der Waals surface area contributed by atoms with E-state index in [9.17, 15) is 14.0 Å². The number of Topliss-reactive ketones (excluding diaryl/α,β-unsaturated/α-hetero) is 1. The van der Waals surface area contributed by atoms with Gasteiger partial charge in [0.05, 0.1) is 12.2 Å². The summed E-state index contributed by atoms with van der Waals surface area (Å²) in [4.78, 5) is 27.4. The largest absolute Gasteiger partial charge is 0.367 e. The zero-order valence-electron chi connectivity index (χ0n) is 15.3. The van der Waals surface area contributed by atoms with Crippen LogP contribution in [0.1, 0.15) is 44.0 Å². The molecular weight excluding hydrogens is 321 g/mol. The van der Waals surface area contributed by atoms with Gasteiger partial charge in [0.25, 0.3) is 0 Å². The van der Waals surface area contributed by atoms with Gasteiger partial charge in [-0.25, -0.2) is 4.39 Å². The number of nitrogens with one attached hydrogen (secondary N) is 1. The normalized spacial score (nSPS) is 16.6. The van der Waals surface area contributed by atoms with Gasteiger partial charge in [0, 0.05) is 37.8 Å². The Morgan fingerprint density at radius 3 is 2.48 bits per heavy atom. The minimum atomic E-state index is -0.368. The van der Waals surface area contributed by atoms with Gasteiger partial charge in [0.2, 0.25) is 5.91 Å². The molecule has 1 amide bonds. The van der Waals surface area contributed by atoms with Crippen LogP contribution in [0, 0.1) is 5.82 Å². The first-order chi connectivity index (χ1) is 11.9. The van der Waals surface area contributed by atoms with Crippen LogP contribution < -0.4 is 10.2 Å². The first kappa shape index (κ1) is 19.4. The Kier molecular flexibility index (Phi) is 6.93. The summed E-state index contributed by atoms with van der Waals surface area (Å²) in [6.45, 7) is 8.68. The van der Waals surface area contributed by atoms with E-state index in [1.165, 1.54) is 13.0 Å². The maximum atomic E-state index is 14.2. The van der Waals surface area contributed by atoms with Crippen LogP contribution in [0.25, 0.3) is 0 Å². The molecule has 0 spiro atoms. The molecule has 1 atom stereocenters. The van der Waals surface area contributed by atoms with Crippen molar-refractivity contribution in [3.05, 3.63) is 29.6 Å². The molecule has 138 valence electrons. The minimum Gasteiger partial charge on any atom is -0.367 e. The highest BCUT2D eigenvalue weighted by atomic mass is 19.1. The summed E-state index contributed by atoms with van der Waals surface area (Å²) in [6.07, 6.45) is 2.03. The maximum absolute atomic E-state index is 14.2. The molecule has 0 bridgehead atoms. The van der Waals surface area contributed by atoms with Crippen molar-refractivity contribution in [1.29, 1.82) is 0 Å². The van der Waals surface area contributed by atoms with Crippen molar-refractivity contribution in [2.45, 2.75) is 39.7 Å². The van der Waals surface area contributed by atoms with Gasteiger partial charge in [-0.15, -0.1) is 0 Å². The maximum Gasteiger partial charge on any atom is 0.234 e. The highest BCUT2D eigenvalue weighted by Crippen LogP contribution is 2.22. The highest BCUT2D eigenvalue weighted by molar-refractivity contribution is 5.94. The van der Waals surface area contributed by atoms with Crippen LogP contribution in [0.4, 0.5) is 10.1 Å². The summed E-state index contributed by atoms with van der Waals surface area (Å²) in [6, 6.07) is 4.83. The lowest BCUT2D eigenvalue weighted by Crippen LogP contribution is -2.50. The molecule has 1 N–H and O–H groups in total. The number of carbonyl (C=O) groups excluding carboxylic acids is 2. The van der Waals surface area contributed by atoms with Crippen LogP contribution >= 0.6 is 0 Å². The molecule has 1 aromatic rings. The van der Waals surface area contributed by atoms with Gasteiger partial charge in [-0.05, 0) is 38.5 Å². The van der Waals surface area contributed by atoms with Crippen LogP contribution in [0.3, 0.4) is 0 Å². The molecule has 1 aliphatic rings. The van der Waals surface area contributed by atoms with E-state index in [1.54, 1.807) is 12.1 Å². The van der Waals surface area contributed by atoms with E-state index in [4.69, 9.17) is 0 Å². The van der Waals surface area contributed by atoms with Crippen LogP contribution in [-0.2, 0) is 4.79 Å². The van der Waals surface area contributed by atoms with Crippen LogP contribution in [0.2, 0.25) is 0 Å². The Hall–Kier alpha value is -1.95. The Morgan fingerprint density at radius 2 is 1.92 bits per heavy atom. The number of hydrogen-bond acceptors (Lipinski definition) is 4. The first-order valence-corrected chi connectivity index (χ1v) is 8.97. The molecular formula is C19H28FN3O2. The summed E-state index contributed by atoms with van der Waals surface area (Å²) in [7, 11) is 0. The number of amides is 1. The second kappa shape index (κ2) is 8.94. The molecule has 1 unspecified atom stereocenters. The smallest absolute Gasteiger partial charge is 0.234 e. The third kappa shape index (κ3) is 5.53. The molecule has 25 heavy (non-hydrogen) atoms. The molecule has 0 radical (unpaired) electrons. The van der Waals surface area contributed by atoms with E-state index >= 15 is 0 Å². The molecule has 6 heteroatoms. The summed E-state index contributed by atoms with van der Waals surface area (Å²) in [5, 5.41) is 3.01. The summed E-state index contributed by atoms with van der Waals surface area (Å²) in [5.74, 6) is -0.461. The quantitative estimate of drug-likeness (QED) is 0.769. The molecule has 1 fully saturated rings. The van der Waals surface area contributed by atoms with E-state index in [0.717, 1.165) is 12.8 Å². The lowest BCUT2D eigenvalue weighted by Gasteiger charge is -2.36. The van der Waals surface area contributed by atoms with Gasteiger partial charge >= 0.3 is 0 Å². The molecule has 1 aliphatic heterocycles. The third-order valence-electron chi connectivity index (χ3n) is 4.56. The number of halogens is 1. The van der Waals surface area contributed by atoms with E-state index in [0.29, 0.717) is 44.0 Å². The third-order valence-corrected chi connectivity index (χ3v) is 4.56. The Balaban J connectivity index is 1.85. The van der Waals surface area contributed by atoms with Crippen molar-refractivity contribution in [2.24, 2.45) is 0 Å². The molecule has 0 aromatic heterocycles. The fourth-order valence-corrected chi connectivity index (χ4v) is 3.16. The minimum absolute atomic E-state index is 0.0476. The number of carbonyl (C=O) groups is 2. The highest BCUT2D eigenvalue weighted by Gasteiger charge is 2.21. The van der Waals surface area contributed by atoms with Crippen molar-refractivity contribution in [2.75, 3.05) is 37.6 Å². The molecule has 1 aromatic carbocycles. The van der Waals surface area contributed by atoms with Crippen molar-refractivity contribution < 1.29 is 14.0 Å². The predicted octanol–water partition coefficient (Wildman–Crippen LogP) is 2.46. The summed E-state index contributed by atoms with van der Waals surface area (Å²) >= 11 is 0. The van der Waals surface area contributed by atoms with Crippen LogP contribution in [0.5, 0.6) is 0 Å². The lowest BCUT2D eigenvalue weighted by molar-refractivity contribution is -0.123. The SMILES string of the molecule is CCCC(C)NC(=O)CN1CCN(c2ccc(C(C)=O)cc2F)CC1. The summed E-state index contributed by atoms with van der Waals surface area (Å²) in [5.41, 5.74) is 0.906. The second-order valence-corrected chi connectivity index (χ2v) is 6.74. The fourth-order valence-electron chi connectivity index (χ4n) is 3.16. The molecule has 2 rings (SSSR count). The summed E-state index contributed by atoms with van der Waals surface area (Å²) < 4.78 is 14.2. The standard InChI is InChI=1S/C19H28FN3O2/c1-4-5-14(2)21-19(25)13-22-8-10-23(11-9-22)18-7-6-16(15(3)24)12-17(18)20/h6-7,12,14H,4-5,8-11,13H2,1-3H3,(H,21,25). The van der Waals surface area contributed by atoms with Crippen LogP contribution in [-0.4, -0.2) is 55.4 Å². The second-order valence-electron chi connectivity index (χ2n) is 6.74. The topological polar surface area (TPSA) is 52.7 Å². The number of benzene rings is 1. The number of anilines is 1. The van der Waals surface area contributed by atoms with Crippen molar-refractivity contribution in [3.8, 4) is 0 Å². The fraction of sp³-hybridized carbons (Fsp3) is 0.579. The van der Waals surface area contributed by atoms with Gasteiger partial charge < -0.3 is 10.2 Å². The first-order valence-electron chi connectivity index (χ1n) is 8.97. The average Bonchev–Trinajstić information content (AvgIpc) is 2.55. The lowest BCUT2D eigenvalue weighted by atomic mass is 10.1. The number of piperazine rings is 1. The molecule has 1 saturated heterocycles. The van der Waals surface area contributed by atoms with E-state index in [-0.39, 0.29) is 23.5 Å². The molecule has 0 saturated carbocycles. The number of ketones is 1. The van der Waals surface area contributed by atoms with Crippen molar-refractivity contribution in [3.63, 3.8) is 0 Å². The molecule has 0 aliphatic carbocycles. The van der Waals surface area contributed by atoms with Gasteiger partial charge in [-0.1, -0.05) is 13.3 Å². The van der Waals surface area contributed by atoms with Gasteiger partial charge in [0.15, 0.2) is 5.78 Å². The monoisotopic (exact) mass is 349 g/mol. The zero-order chi connectivity index (χ0) is 18.4. The Morgan fingerprint density at radius 1 is 1.24 bits per heavy atom. The predicted molar refractivity (Wildman–Crippen MR) is 97.6 cm³/mol. The van der Waals surface area contributed by atoms with E-state index < -0.39 is 0 Å².